The fraction of sp³-hybridized carbons (Fsp3) is 0.455. The molecule has 0 saturated carbocycles. The van der Waals surface area contributed by atoms with Gasteiger partial charge in [-0.25, -0.2) is 4.79 Å². The zero-order valence-corrected chi connectivity index (χ0v) is 9.06. The molecule has 1 aliphatic rings. The number of piperidine rings is 1. The van der Waals surface area contributed by atoms with Crippen LogP contribution < -0.4 is 10.3 Å². The molecule has 0 radical (unpaired) electrons. The number of hydroxylamine groups is 1. The predicted molar refractivity (Wildman–Crippen MR) is 58.8 cm³/mol. The van der Waals surface area contributed by atoms with Crippen LogP contribution in [0, 0.1) is 0 Å². The van der Waals surface area contributed by atoms with E-state index in [0.29, 0.717) is 5.75 Å². The van der Waals surface area contributed by atoms with Gasteiger partial charge in [-0.05, 0) is 19.3 Å². The Balaban J connectivity index is 1.79. The van der Waals surface area contributed by atoms with Crippen molar-refractivity contribution >= 4 is 6.03 Å². The Morgan fingerprint density at radius 1 is 1.25 bits per heavy atom. The van der Waals surface area contributed by atoms with E-state index >= 15 is 0 Å². The largest absolute Gasteiger partial charge is 0.378 e. The van der Waals surface area contributed by atoms with E-state index in [-0.39, 0.29) is 6.03 Å². The first-order valence-corrected chi connectivity index (χ1v) is 5.48. The molecule has 1 saturated heterocycles. The van der Waals surface area contributed by atoms with E-state index in [4.69, 9.17) is 4.84 Å². The van der Waals surface area contributed by atoms with E-state index in [2.05, 4.69) is 10.5 Å². The summed E-state index contributed by atoms with van der Waals surface area (Å²) in [6, 6.07) is 3.21. The lowest BCUT2D eigenvalue weighted by Gasteiger charge is -2.26. The SMILES string of the molecule is O=C(NOc1ccncc1)N1CCCCC1. The second-order valence-corrected chi connectivity index (χ2v) is 3.74. The van der Waals surface area contributed by atoms with Crippen molar-refractivity contribution in [1.29, 1.82) is 0 Å². The van der Waals surface area contributed by atoms with Crippen LogP contribution in [-0.4, -0.2) is 29.0 Å². The van der Waals surface area contributed by atoms with Crippen LogP contribution in [0.4, 0.5) is 4.79 Å². The van der Waals surface area contributed by atoms with E-state index < -0.39 is 0 Å². The number of carbonyl (C=O) groups is 1. The van der Waals surface area contributed by atoms with Crippen LogP contribution in [0.15, 0.2) is 24.5 Å². The highest BCUT2D eigenvalue weighted by Gasteiger charge is 2.16. The van der Waals surface area contributed by atoms with Crippen molar-refractivity contribution in [3.63, 3.8) is 0 Å². The molecule has 2 rings (SSSR count). The van der Waals surface area contributed by atoms with Crippen LogP contribution in [0.2, 0.25) is 0 Å². The third-order valence-electron chi connectivity index (χ3n) is 2.55. The molecule has 2 amide bonds. The first kappa shape index (κ1) is 10.7. The third kappa shape index (κ3) is 2.85. The highest BCUT2D eigenvalue weighted by Crippen LogP contribution is 2.09. The number of pyridine rings is 1. The Bertz CT molecular complexity index is 336. The number of aromatic nitrogens is 1. The molecule has 1 aromatic heterocycles. The first-order chi connectivity index (χ1) is 7.86. The molecule has 0 aromatic carbocycles. The van der Waals surface area contributed by atoms with E-state index in [9.17, 15) is 4.79 Å². The van der Waals surface area contributed by atoms with Crippen molar-refractivity contribution in [2.75, 3.05) is 13.1 Å². The number of rotatable bonds is 2. The fourth-order valence-corrected chi connectivity index (χ4v) is 1.67. The summed E-state index contributed by atoms with van der Waals surface area (Å²) in [5, 5.41) is 0. The van der Waals surface area contributed by atoms with E-state index in [1.165, 1.54) is 6.42 Å². The number of amides is 2. The maximum absolute atomic E-state index is 11.6. The number of hydrogen-bond donors (Lipinski definition) is 1. The zero-order chi connectivity index (χ0) is 11.2. The van der Waals surface area contributed by atoms with Crippen molar-refractivity contribution in [3.05, 3.63) is 24.5 Å². The lowest BCUT2D eigenvalue weighted by Crippen LogP contribution is -2.44. The third-order valence-corrected chi connectivity index (χ3v) is 2.55. The van der Waals surface area contributed by atoms with Crippen molar-refractivity contribution in [3.8, 4) is 5.75 Å². The predicted octanol–water partition coefficient (Wildman–Crippen LogP) is 1.57. The molecule has 0 atom stereocenters. The highest BCUT2D eigenvalue weighted by molar-refractivity contribution is 5.73. The molecular weight excluding hydrogens is 206 g/mol. The van der Waals surface area contributed by atoms with Gasteiger partial charge in [0.2, 0.25) is 0 Å². The molecule has 86 valence electrons. The molecular formula is C11H15N3O2. The maximum Gasteiger partial charge on any atom is 0.350 e. The quantitative estimate of drug-likeness (QED) is 0.771. The van der Waals surface area contributed by atoms with Crippen LogP contribution >= 0.6 is 0 Å². The van der Waals surface area contributed by atoms with Gasteiger partial charge < -0.3 is 9.74 Å². The molecule has 5 nitrogen and oxygen atoms in total. The van der Waals surface area contributed by atoms with Gasteiger partial charge in [-0.3, -0.25) is 4.98 Å². The van der Waals surface area contributed by atoms with E-state index in [0.717, 1.165) is 25.9 Å². The minimum absolute atomic E-state index is 0.170. The summed E-state index contributed by atoms with van der Waals surface area (Å²) < 4.78 is 0. The van der Waals surface area contributed by atoms with Gasteiger partial charge in [0.25, 0.3) is 0 Å². The van der Waals surface area contributed by atoms with Crippen molar-refractivity contribution in [1.82, 2.24) is 15.4 Å². The maximum atomic E-state index is 11.6. The minimum atomic E-state index is -0.170. The monoisotopic (exact) mass is 221 g/mol. The van der Waals surface area contributed by atoms with Crippen LogP contribution in [0.5, 0.6) is 5.75 Å². The number of nitrogens with one attached hydrogen (secondary N) is 1. The van der Waals surface area contributed by atoms with Gasteiger partial charge in [0, 0.05) is 37.6 Å². The lowest BCUT2D eigenvalue weighted by atomic mass is 10.1. The normalized spacial score (nSPS) is 15.6. The summed E-state index contributed by atoms with van der Waals surface area (Å²) >= 11 is 0. The molecule has 0 spiro atoms. The van der Waals surface area contributed by atoms with Gasteiger partial charge in [-0.2, -0.15) is 5.48 Å². The average molecular weight is 221 g/mol. The number of carbonyl (C=O) groups excluding carboxylic acids is 1. The number of hydrogen-bond acceptors (Lipinski definition) is 3. The summed E-state index contributed by atoms with van der Waals surface area (Å²) in [5.74, 6) is 0.584. The Labute approximate surface area is 94.4 Å². The van der Waals surface area contributed by atoms with Crippen molar-refractivity contribution in [2.24, 2.45) is 0 Å². The summed E-state index contributed by atoms with van der Waals surface area (Å²) in [6.45, 7) is 1.62. The number of urea groups is 1. The van der Waals surface area contributed by atoms with Crippen LogP contribution in [0.1, 0.15) is 19.3 Å². The minimum Gasteiger partial charge on any atom is -0.378 e. The number of nitrogens with zero attached hydrogens (tertiary/aromatic N) is 2. The van der Waals surface area contributed by atoms with Crippen molar-refractivity contribution < 1.29 is 9.63 Å². The molecule has 1 fully saturated rings. The topological polar surface area (TPSA) is 54.5 Å². The lowest BCUT2D eigenvalue weighted by molar-refractivity contribution is 0.135. The van der Waals surface area contributed by atoms with Crippen LogP contribution in [0.25, 0.3) is 0 Å². The molecule has 0 unspecified atom stereocenters. The average Bonchev–Trinajstić information content (AvgIpc) is 2.38. The Morgan fingerprint density at radius 2 is 1.94 bits per heavy atom. The molecule has 1 aliphatic heterocycles. The van der Waals surface area contributed by atoms with Gasteiger partial charge in [0.1, 0.15) is 0 Å². The van der Waals surface area contributed by atoms with Gasteiger partial charge in [-0.1, -0.05) is 0 Å². The van der Waals surface area contributed by atoms with Gasteiger partial charge in [-0.15, -0.1) is 0 Å². The Kier molecular flexibility index (Phi) is 3.58. The zero-order valence-electron chi connectivity index (χ0n) is 9.06. The molecule has 5 heteroatoms. The fourth-order valence-electron chi connectivity index (χ4n) is 1.67. The highest BCUT2D eigenvalue weighted by atomic mass is 16.7. The molecule has 2 heterocycles. The van der Waals surface area contributed by atoms with Crippen LogP contribution in [-0.2, 0) is 0 Å². The van der Waals surface area contributed by atoms with E-state index in [1.807, 2.05) is 0 Å². The van der Waals surface area contributed by atoms with Gasteiger partial charge in [0.15, 0.2) is 5.75 Å². The summed E-state index contributed by atoms with van der Waals surface area (Å²) in [5.41, 5.74) is 2.43. The summed E-state index contributed by atoms with van der Waals surface area (Å²) in [4.78, 5) is 22.4. The molecule has 16 heavy (non-hydrogen) atoms. The Hall–Kier alpha value is -1.78. The van der Waals surface area contributed by atoms with Crippen molar-refractivity contribution in [2.45, 2.75) is 19.3 Å². The standard InChI is InChI=1S/C11H15N3O2/c15-11(14-8-2-1-3-9-14)13-16-10-4-6-12-7-5-10/h4-7H,1-3,8-9H2,(H,13,15). The van der Waals surface area contributed by atoms with Gasteiger partial charge >= 0.3 is 6.03 Å². The molecule has 1 N–H and O–H groups in total. The molecule has 0 bridgehead atoms. The summed E-state index contributed by atoms with van der Waals surface area (Å²) in [6.07, 6.45) is 6.57. The summed E-state index contributed by atoms with van der Waals surface area (Å²) in [7, 11) is 0. The second-order valence-electron chi connectivity index (χ2n) is 3.74. The smallest absolute Gasteiger partial charge is 0.350 e. The van der Waals surface area contributed by atoms with Gasteiger partial charge in [0.05, 0.1) is 0 Å². The second kappa shape index (κ2) is 5.34. The first-order valence-electron chi connectivity index (χ1n) is 5.48. The van der Waals surface area contributed by atoms with E-state index in [1.54, 1.807) is 29.4 Å². The number of likely N-dealkylation sites (tertiary alicyclic amines) is 1. The Morgan fingerprint density at radius 3 is 2.62 bits per heavy atom. The molecule has 1 aromatic rings. The van der Waals surface area contributed by atoms with Crippen LogP contribution in [0.3, 0.4) is 0 Å². The molecule has 0 aliphatic carbocycles.